The number of aryl methyl sites for hydroxylation is 1. The van der Waals surface area contributed by atoms with Gasteiger partial charge in [0.2, 0.25) is 0 Å². The summed E-state index contributed by atoms with van der Waals surface area (Å²) in [6, 6.07) is 2.14. The van der Waals surface area contributed by atoms with E-state index >= 15 is 0 Å². The van der Waals surface area contributed by atoms with Crippen molar-refractivity contribution in [3.8, 4) is 0 Å². The smallest absolute Gasteiger partial charge is 0.0616 e. The average molecular weight is 182 g/mol. The second-order valence-corrected chi connectivity index (χ2v) is 4.68. The van der Waals surface area contributed by atoms with Crippen LogP contribution < -0.4 is 0 Å². The maximum Gasteiger partial charge on any atom is 0.0616 e. The minimum absolute atomic E-state index is 0.137. The van der Waals surface area contributed by atoms with Crippen LogP contribution >= 0.6 is 11.3 Å². The molecule has 1 unspecified atom stereocenters. The standard InChI is InChI=1S/C10H14OS/c1-7-3-6-12-9(7)10(4-5-10)8(2)11/h3,6,8,11H,4-5H2,1-2H3. The van der Waals surface area contributed by atoms with Gasteiger partial charge in [0.1, 0.15) is 0 Å². The molecular formula is C10H14OS. The van der Waals surface area contributed by atoms with Crippen molar-refractivity contribution in [2.45, 2.75) is 38.2 Å². The van der Waals surface area contributed by atoms with E-state index in [4.69, 9.17) is 0 Å². The van der Waals surface area contributed by atoms with Crippen molar-refractivity contribution >= 4 is 11.3 Å². The third kappa shape index (κ3) is 1.02. The summed E-state index contributed by atoms with van der Waals surface area (Å²) in [5.41, 5.74) is 1.48. The van der Waals surface area contributed by atoms with Crippen molar-refractivity contribution in [3.05, 3.63) is 21.9 Å². The maximum absolute atomic E-state index is 9.65. The van der Waals surface area contributed by atoms with Crippen LogP contribution in [0.3, 0.4) is 0 Å². The topological polar surface area (TPSA) is 20.2 Å². The first-order chi connectivity index (χ1) is 5.67. The Morgan fingerprint density at radius 1 is 1.58 bits per heavy atom. The fourth-order valence-corrected chi connectivity index (χ4v) is 3.12. The van der Waals surface area contributed by atoms with Crippen molar-refractivity contribution in [2.75, 3.05) is 0 Å². The van der Waals surface area contributed by atoms with Crippen LogP contribution in [0.4, 0.5) is 0 Å². The van der Waals surface area contributed by atoms with Gasteiger partial charge in [-0.1, -0.05) is 0 Å². The van der Waals surface area contributed by atoms with E-state index in [1.54, 1.807) is 11.3 Å². The highest BCUT2D eigenvalue weighted by Crippen LogP contribution is 2.53. The molecule has 0 bridgehead atoms. The Morgan fingerprint density at radius 3 is 2.58 bits per heavy atom. The molecule has 1 aliphatic rings. The molecule has 1 nitrogen and oxygen atoms in total. The molecule has 1 heterocycles. The molecule has 0 aromatic carbocycles. The summed E-state index contributed by atoms with van der Waals surface area (Å²) in [6.45, 7) is 4.04. The molecule has 0 radical (unpaired) electrons. The number of rotatable bonds is 2. The lowest BCUT2D eigenvalue weighted by molar-refractivity contribution is 0.152. The zero-order valence-electron chi connectivity index (χ0n) is 7.50. The first kappa shape index (κ1) is 8.27. The van der Waals surface area contributed by atoms with E-state index in [0.717, 1.165) is 12.8 Å². The largest absolute Gasteiger partial charge is 0.392 e. The summed E-state index contributed by atoms with van der Waals surface area (Å²) in [4.78, 5) is 1.40. The molecule has 0 saturated heterocycles. The highest BCUT2D eigenvalue weighted by atomic mass is 32.1. The molecule has 1 fully saturated rings. The quantitative estimate of drug-likeness (QED) is 0.745. The summed E-state index contributed by atoms with van der Waals surface area (Å²) >= 11 is 1.79. The first-order valence-electron chi connectivity index (χ1n) is 4.39. The van der Waals surface area contributed by atoms with Crippen molar-refractivity contribution in [2.24, 2.45) is 0 Å². The summed E-state index contributed by atoms with van der Waals surface area (Å²) in [5, 5.41) is 11.8. The molecule has 0 spiro atoms. The van der Waals surface area contributed by atoms with Crippen molar-refractivity contribution < 1.29 is 5.11 Å². The number of aliphatic hydroxyl groups excluding tert-OH is 1. The monoisotopic (exact) mass is 182 g/mol. The summed E-state index contributed by atoms with van der Waals surface area (Å²) in [7, 11) is 0. The Labute approximate surface area is 77.0 Å². The normalized spacial score (nSPS) is 22.2. The number of thiophene rings is 1. The van der Waals surface area contributed by atoms with Crippen LogP contribution in [-0.2, 0) is 5.41 Å². The number of hydrogen-bond donors (Lipinski definition) is 1. The predicted octanol–water partition coefficient (Wildman–Crippen LogP) is 2.47. The summed E-state index contributed by atoms with van der Waals surface area (Å²) in [5.74, 6) is 0. The van der Waals surface area contributed by atoms with E-state index in [1.165, 1.54) is 10.4 Å². The van der Waals surface area contributed by atoms with E-state index in [2.05, 4.69) is 18.4 Å². The van der Waals surface area contributed by atoms with Crippen LogP contribution in [0.25, 0.3) is 0 Å². The molecule has 1 aromatic rings. The molecule has 66 valence electrons. The lowest BCUT2D eigenvalue weighted by Crippen LogP contribution is -2.21. The maximum atomic E-state index is 9.65. The van der Waals surface area contributed by atoms with Gasteiger partial charge in [0.25, 0.3) is 0 Å². The van der Waals surface area contributed by atoms with Crippen molar-refractivity contribution in [1.29, 1.82) is 0 Å². The third-order valence-corrected chi connectivity index (χ3v) is 4.14. The zero-order valence-corrected chi connectivity index (χ0v) is 8.32. The van der Waals surface area contributed by atoms with Gasteiger partial charge in [0, 0.05) is 10.3 Å². The van der Waals surface area contributed by atoms with Crippen LogP contribution in [0.15, 0.2) is 11.4 Å². The molecule has 0 amide bonds. The van der Waals surface area contributed by atoms with Gasteiger partial charge in [-0.15, -0.1) is 11.3 Å². The highest BCUT2D eigenvalue weighted by molar-refractivity contribution is 7.10. The minimum atomic E-state index is -0.185. The van der Waals surface area contributed by atoms with Crippen LogP contribution in [0, 0.1) is 6.92 Å². The third-order valence-electron chi connectivity index (χ3n) is 2.90. The Morgan fingerprint density at radius 2 is 2.25 bits per heavy atom. The molecule has 1 saturated carbocycles. The molecule has 0 aliphatic heterocycles. The van der Waals surface area contributed by atoms with Crippen LogP contribution in [0.2, 0.25) is 0 Å². The molecule has 1 N–H and O–H groups in total. The zero-order chi connectivity index (χ0) is 8.77. The molecular weight excluding hydrogens is 168 g/mol. The van der Waals surface area contributed by atoms with E-state index in [-0.39, 0.29) is 11.5 Å². The fourth-order valence-electron chi connectivity index (χ4n) is 1.85. The molecule has 1 atom stereocenters. The van der Waals surface area contributed by atoms with Gasteiger partial charge in [0.15, 0.2) is 0 Å². The average Bonchev–Trinajstić information content (AvgIpc) is 2.71. The van der Waals surface area contributed by atoms with Crippen LogP contribution in [-0.4, -0.2) is 11.2 Å². The predicted molar refractivity (Wildman–Crippen MR) is 51.6 cm³/mol. The number of hydrogen-bond acceptors (Lipinski definition) is 2. The molecule has 2 rings (SSSR count). The Hall–Kier alpha value is -0.340. The Kier molecular flexibility index (Phi) is 1.77. The van der Waals surface area contributed by atoms with Crippen LogP contribution in [0.1, 0.15) is 30.2 Å². The molecule has 12 heavy (non-hydrogen) atoms. The van der Waals surface area contributed by atoms with Crippen molar-refractivity contribution in [3.63, 3.8) is 0 Å². The lowest BCUT2D eigenvalue weighted by Gasteiger charge is -2.17. The van der Waals surface area contributed by atoms with E-state index in [1.807, 2.05) is 6.92 Å². The minimum Gasteiger partial charge on any atom is -0.392 e. The second-order valence-electron chi connectivity index (χ2n) is 3.76. The van der Waals surface area contributed by atoms with Gasteiger partial charge in [-0.05, 0) is 43.7 Å². The van der Waals surface area contributed by atoms with Gasteiger partial charge in [-0.3, -0.25) is 0 Å². The van der Waals surface area contributed by atoms with Gasteiger partial charge >= 0.3 is 0 Å². The summed E-state index contributed by atoms with van der Waals surface area (Å²) < 4.78 is 0. The fraction of sp³-hybridized carbons (Fsp3) is 0.600. The van der Waals surface area contributed by atoms with Gasteiger partial charge in [0.05, 0.1) is 6.10 Å². The molecule has 1 aliphatic carbocycles. The Bertz CT molecular complexity index is 284. The SMILES string of the molecule is Cc1ccsc1C1(C(C)O)CC1. The summed E-state index contributed by atoms with van der Waals surface area (Å²) in [6.07, 6.45) is 2.13. The Balaban J connectivity index is 2.36. The second kappa shape index (κ2) is 2.57. The van der Waals surface area contributed by atoms with Gasteiger partial charge in [-0.2, -0.15) is 0 Å². The molecule has 1 aromatic heterocycles. The van der Waals surface area contributed by atoms with Crippen molar-refractivity contribution in [1.82, 2.24) is 0 Å². The first-order valence-corrected chi connectivity index (χ1v) is 5.27. The lowest BCUT2D eigenvalue weighted by atomic mass is 9.96. The van der Waals surface area contributed by atoms with E-state index in [9.17, 15) is 5.11 Å². The van der Waals surface area contributed by atoms with Crippen LogP contribution in [0.5, 0.6) is 0 Å². The van der Waals surface area contributed by atoms with Gasteiger partial charge < -0.3 is 5.11 Å². The highest BCUT2D eigenvalue weighted by Gasteiger charge is 2.49. The molecule has 2 heteroatoms. The van der Waals surface area contributed by atoms with Gasteiger partial charge in [-0.25, -0.2) is 0 Å². The number of aliphatic hydroxyl groups is 1. The van der Waals surface area contributed by atoms with E-state index in [0.29, 0.717) is 0 Å². The van der Waals surface area contributed by atoms with E-state index < -0.39 is 0 Å².